The number of benzene rings is 1. The summed E-state index contributed by atoms with van der Waals surface area (Å²) in [7, 11) is 14.9. The number of carboxylic acid groups (broad SMARTS) is 1. The van der Waals surface area contributed by atoms with E-state index in [1.165, 1.54) is 10.9 Å². The van der Waals surface area contributed by atoms with Crippen molar-refractivity contribution in [2.24, 2.45) is 0 Å². The van der Waals surface area contributed by atoms with E-state index in [2.05, 4.69) is 32.7 Å². The highest BCUT2D eigenvalue weighted by Gasteiger charge is 2.23. The van der Waals surface area contributed by atoms with E-state index in [9.17, 15) is 9.90 Å². The van der Waals surface area contributed by atoms with E-state index in [0.29, 0.717) is 23.9 Å². The predicted molar refractivity (Wildman–Crippen MR) is 126 cm³/mol. The molecule has 0 amide bonds. The van der Waals surface area contributed by atoms with Crippen molar-refractivity contribution in [1.29, 1.82) is 0 Å². The van der Waals surface area contributed by atoms with Gasteiger partial charge in [-0.05, 0) is 50.9 Å². The number of nitrogens with zero attached hydrogens (tertiary/aromatic N) is 2. The van der Waals surface area contributed by atoms with Crippen LogP contribution >= 0.6 is 9.24 Å². The van der Waals surface area contributed by atoms with Crippen molar-refractivity contribution in [3.8, 4) is 0 Å². The van der Waals surface area contributed by atoms with Crippen molar-refractivity contribution in [2.75, 3.05) is 6.54 Å². The van der Waals surface area contributed by atoms with Gasteiger partial charge in [0.25, 0.3) is 0 Å². The Bertz CT molecular complexity index is 1040. The number of allylic oxidation sites excluding steroid dienone is 3. The van der Waals surface area contributed by atoms with Crippen molar-refractivity contribution < 1.29 is 9.90 Å². The summed E-state index contributed by atoms with van der Waals surface area (Å²) in [6.07, 6.45) is 4.84. The molecule has 2 N–H and O–H groups in total. The maximum absolute atomic E-state index is 11.9. The first-order valence-corrected chi connectivity index (χ1v) is 10.6. The largest absolute Gasteiger partial charge is 0.476 e. The molecule has 1 aliphatic carbocycles. The SMILES string of the molecule is [B]c1cccc(C(C)n2nc(C(=O)O)c(CCNC3=CCCC(C)=C3P)c2C)c1[B]. The zero-order valence-corrected chi connectivity index (χ0v) is 18.9. The molecule has 2 aromatic rings. The molecule has 3 rings (SSSR count). The molecule has 1 heterocycles. The molecular formula is C22H26B2N3O2P. The minimum Gasteiger partial charge on any atom is -0.476 e. The van der Waals surface area contributed by atoms with Crippen LogP contribution in [0.4, 0.5) is 0 Å². The second-order valence-corrected chi connectivity index (χ2v) is 8.29. The van der Waals surface area contributed by atoms with Crippen LogP contribution in [0.5, 0.6) is 0 Å². The summed E-state index contributed by atoms with van der Waals surface area (Å²) in [4.78, 5) is 11.9. The van der Waals surface area contributed by atoms with Crippen LogP contribution in [0.25, 0.3) is 0 Å². The quantitative estimate of drug-likeness (QED) is 0.535. The lowest BCUT2D eigenvalue weighted by molar-refractivity contribution is 0.0688. The number of hydrogen-bond acceptors (Lipinski definition) is 3. The summed E-state index contributed by atoms with van der Waals surface area (Å²) >= 11 is 0. The number of rotatable bonds is 7. The van der Waals surface area contributed by atoms with Crippen molar-refractivity contribution >= 4 is 41.8 Å². The van der Waals surface area contributed by atoms with Crippen LogP contribution in [0, 0.1) is 6.92 Å². The fourth-order valence-electron chi connectivity index (χ4n) is 3.90. The first kappa shape index (κ1) is 22.4. The van der Waals surface area contributed by atoms with Gasteiger partial charge in [0.15, 0.2) is 5.69 Å². The van der Waals surface area contributed by atoms with Crippen LogP contribution in [0.15, 0.2) is 40.9 Å². The molecule has 0 saturated heterocycles. The molecule has 1 aromatic carbocycles. The molecule has 1 aliphatic rings. The van der Waals surface area contributed by atoms with Crippen molar-refractivity contribution in [1.82, 2.24) is 15.1 Å². The monoisotopic (exact) mass is 417 g/mol. The van der Waals surface area contributed by atoms with E-state index >= 15 is 0 Å². The zero-order valence-electron chi connectivity index (χ0n) is 17.7. The lowest BCUT2D eigenvalue weighted by atomic mass is 9.76. The second kappa shape index (κ2) is 9.26. The highest BCUT2D eigenvalue weighted by atomic mass is 31.0. The first-order valence-electron chi connectivity index (χ1n) is 10.1. The zero-order chi connectivity index (χ0) is 22.0. The van der Waals surface area contributed by atoms with E-state index in [0.717, 1.165) is 35.4 Å². The van der Waals surface area contributed by atoms with Gasteiger partial charge in [-0.2, -0.15) is 5.10 Å². The van der Waals surface area contributed by atoms with Crippen LogP contribution in [0.1, 0.15) is 60.0 Å². The van der Waals surface area contributed by atoms with Crippen LogP contribution < -0.4 is 16.2 Å². The molecule has 0 saturated carbocycles. The lowest BCUT2D eigenvalue weighted by Crippen LogP contribution is -2.31. The normalized spacial score (nSPS) is 15.1. The topological polar surface area (TPSA) is 67.2 Å². The maximum Gasteiger partial charge on any atom is 0.356 e. The summed E-state index contributed by atoms with van der Waals surface area (Å²) in [6.45, 7) is 6.61. The first-order chi connectivity index (χ1) is 14.2. The Morgan fingerprint density at radius 1 is 1.37 bits per heavy atom. The van der Waals surface area contributed by atoms with Crippen LogP contribution in [-0.2, 0) is 6.42 Å². The molecule has 152 valence electrons. The molecule has 30 heavy (non-hydrogen) atoms. The number of nitrogens with one attached hydrogen (secondary N) is 1. The second-order valence-electron chi connectivity index (χ2n) is 7.72. The van der Waals surface area contributed by atoms with E-state index in [4.69, 9.17) is 15.7 Å². The Balaban J connectivity index is 1.85. The third-order valence-electron chi connectivity index (χ3n) is 5.78. The molecule has 5 nitrogen and oxygen atoms in total. The van der Waals surface area contributed by atoms with Gasteiger partial charge >= 0.3 is 5.97 Å². The van der Waals surface area contributed by atoms with E-state index < -0.39 is 5.97 Å². The van der Waals surface area contributed by atoms with Gasteiger partial charge in [-0.3, -0.25) is 4.68 Å². The number of aromatic carboxylic acids is 1. The van der Waals surface area contributed by atoms with Crippen LogP contribution in [0.3, 0.4) is 0 Å². The third kappa shape index (κ3) is 4.41. The molecule has 0 spiro atoms. The Morgan fingerprint density at radius 3 is 2.80 bits per heavy atom. The molecule has 0 fully saturated rings. The van der Waals surface area contributed by atoms with Crippen molar-refractivity contribution in [3.63, 3.8) is 0 Å². The van der Waals surface area contributed by atoms with Crippen molar-refractivity contribution in [3.05, 3.63) is 63.4 Å². The van der Waals surface area contributed by atoms with Gasteiger partial charge in [0.1, 0.15) is 15.7 Å². The Labute approximate surface area is 183 Å². The minimum atomic E-state index is -1.03. The number of carboxylic acids is 1. The third-order valence-corrected chi connectivity index (χ3v) is 6.58. The minimum absolute atomic E-state index is 0.0825. The summed E-state index contributed by atoms with van der Waals surface area (Å²) in [5.41, 5.74) is 5.91. The summed E-state index contributed by atoms with van der Waals surface area (Å²) < 4.78 is 1.73. The highest BCUT2D eigenvalue weighted by Crippen LogP contribution is 2.28. The molecule has 2 unspecified atom stereocenters. The van der Waals surface area contributed by atoms with Gasteiger partial charge in [-0.15, -0.1) is 14.7 Å². The molecule has 0 bridgehead atoms. The Morgan fingerprint density at radius 2 is 2.10 bits per heavy atom. The van der Waals surface area contributed by atoms with Gasteiger partial charge in [-0.25, -0.2) is 4.79 Å². The predicted octanol–water partition coefficient (Wildman–Crippen LogP) is 2.05. The summed E-state index contributed by atoms with van der Waals surface area (Å²) in [6, 6.07) is 5.24. The highest BCUT2D eigenvalue weighted by molar-refractivity contribution is 7.23. The number of aromatic nitrogens is 2. The van der Waals surface area contributed by atoms with Crippen LogP contribution in [-0.4, -0.2) is 43.1 Å². The number of hydrogen-bond donors (Lipinski definition) is 2. The van der Waals surface area contributed by atoms with Crippen molar-refractivity contribution in [2.45, 2.75) is 46.1 Å². The van der Waals surface area contributed by atoms with Gasteiger partial charge in [0, 0.05) is 23.5 Å². The standard InChI is InChI=1S/C22H26B2N3O2P/c1-12-6-4-9-18(21(12)30)25-11-10-16-14(3)27(26-20(16)22(28)29)13(2)15-7-5-8-17(23)19(15)24/h5,7-9,13,25H,4,6,10-11,30H2,1-3H3,(H,28,29). The fourth-order valence-corrected chi connectivity index (χ4v) is 4.26. The van der Waals surface area contributed by atoms with Gasteiger partial charge in [0.05, 0.1) is 6.04 Å². The van der Waals surface area contributed by atoms with E-state index in [1.807, 2.05) is 26.0 Å². The molecule has 2 atom stereocenters. The molecule has 1 aromatic heterocycles. The van der Waals surface area contributed by atoms with Gasteiger partial charge in [0.2, 0.25) is 0 Å². The summed E-state index contributed by atoms with van der Waals surface area (Å²) in [5, 5.41) is 18.8. The summed E-state index contributed by atoms with van der Waals surface area (Å²) in [5.74, 6) is -1.03. The van der Waals surface area contributed by atoms with Crippen LogP contribution in [0.2, 0.25) is 0 Å². The van der Waals surface area contributed by atoms with Gasteiger partial charge in [-0.1, -0.05) is 35.3 Å². The van der Waals surface area contributed by atoms with Gasteiger partial charge < -0.3 is 10.4 Å². The number of carbonyl (C=O) groups is 1. The maximum atomic E-state index is 11.9. The molecular weight excluding hydrogens is 391 g/mol. The smallest absolute Gasteiger partial charge is 0.356 e. The fraction of sp³-hybridized carbons (Fsp3) is 0.364. The molecule has 0 aliphatic heterocycles. The average Bonchev–Trinajstić information content (AvgIpc) is 3.03. The Kier molecular flexibility index (Phi) is 6.92. The van der Waals surface area contributed by atoms with E-state index in [-0.39, 0.29) is 11.7 Å². The lowest BCUT2D eigenvalue weighted by Gasteiger charge is -2.20. The Hall–Kier alpha value is -2.26. The molecule has 8 heteroatoms. The van der Waals surface area contributed by atoms with E-state index in [1.54, 1.807) is 10.7 Å². The molecule has 4 radical (unpaired) electrons. The average molecular weight is 417 g/mol.